The second kappa shape index (κ2) is 6.43. The largest absolute Gasteiger partial charge is 0.448 e. The van der Waals surface area contributed by atoms with E-state index >= 15 is 0 Å². The van der Waals surface area contributed by atoms with Gasteiger partial charge in [0.2, 0.25) is 0 Å². The van der Waals surface area contributed by atoms with Crippen molar-refractivity contribution in [3.8, 4) is 0 Å². The molecule has 0 aromatic carbocycles. The van der Waals surface area contributed by atoms with E-state index in [1.165, 1.54) is 0 Å². The lowest BCUT2D eigenvalue weighted by Gasteiger charge is -2.36. The maximum absolute atomic E-state index is 12.8. The minimum absolute atomic E-state index is 0.104. The van der Waals surface area contributed by atoms with Crippen LogP contribution in [0.5, 0.6) is 0 Å². The van der Waals surface area contributed by atoms with Gasteiger partial charge in [0.05, 0.1) is 23.4 Å². The van der Waals surface area contributed by atoms with Crippen LogP contribution in [0.2, 0.25) is 0 Å². The highest BCUT2D eigenvalue weighted by Gasteiger charge is 2.50. The summed E-state index contributed by atoms with van der Waals surface area (Å²) in [5.41, 5.74) is -2.87. The first-order chi connectivity index (χ1) is 12.0. The first-order valence-corrected chi connectivity index (χ1v) is 9.50. The first-order valence-electron chi connectivity index (χ1n) is 9.50. The van der Waals surface area contributed by atoms with Gasteiger partial charge in [0.1, 0.15) is 0 Å². The molecule has 3 saturated heterocycles. The summed E-state index contributed by atoms with van der Waals surface area (Å²) in [5, 5.41) is 21.7. The van der Waals surface area contributed by atoms with Crippen LogP contribution >= 0.6 is 0 Å². The Hall–Kier alpha value is -1.24. The number of Topliss-reactive ketones (excluding diaryl/α,β-unsaturated/α-hetero) is 1. The molecule has 6 nitrogen and oxygen atoms in total. The summed E-state index contributed by atoms with van der Waals surface area (Å²) >= 11 is 0. The van der Waals surface area contributed by atoms with Crippen molar-refractivity contribution < 1.29 is 29.3 Å². The Balaban J connectivity index is 1.97. The lowest BCUT2D eigenvalue weighted by Crippen LogP contribution is -2.46. The van der Waals surface area contributed by atoms with Crippen LogP contribution < -0.4 is 0 Å². The van der Waals surface area contributed by atoms with Crippen LogP contribution in [-0.2, 0) is 19.1 Å². The van der Waals surface area contributed by atoms with Crippen molar-refractivity contribution in [1.82, 2.24) is 0 Å². The highest BCUT2D eigenvalue weighted by molar-refractivity contribution is 5.94. The zero-order valence-electron chi connectivity index (χ0n) is 15.9. The summed E-state index contributed by atoms with van der Waals surface area (Å²) in [5.74, 6) is -1.03. The van der Waals surface area contributed by atoms with Gasteiger partial charge in [-0.3, -0.25) is 4.79 Å². The first kappa shape index (κ1) is 19.5. The molecule has 6 heteroatoms. The summed E-state index contributed by atoms with van der Waals surface area (Å²) in [6.07, 6.45) is 1.58. The standard InChI is InChI=1S/C20H30O6/c1-12-13-5-9-19(3,26-17(12)23)14(21)6-8-18(2,24)16-7-10-20(4,25-16)15(22)11-13/h13,15-16,22,24H,1,5-11H2,2-4H3. The van der Waals surface area contributed by atoms with Crippen LogP contribution in [0.4, 0.5) is 0 Å². The fourth-order valence-corrected chi connectivity index (χ4v) is 4.42. The number of aliphatic hydroxyl groups is 2. The highest BCUT2D eigenvalue weighted by Crippen LogP contribution is 2.43. The molecule has 146 valence electrons. The molecule has 3 fully saturated rings. The molecule has 0 radical (unpaired) electrons. The minimum atomic E-state index is -1.21. The van der Waals surface area contributed by atoms with Crippen LogP contribution in [0.15, 0.2) is 12.2 Å². The van der Waals surface area contributed by atoms with E-state index in [9.17, 15) is 19.8 Å². The zero-order valence-corrected chi connectivity index (χ0v) is 15.9. The molecular weight excluding hydrogens is 336 g/mol. The molecule has 0 aromatic rings. The maximum atomic E-state index is 12.8. The van der Waals surface area contributed by atoms with Gasteiger partial charge in [-0.05, 0) is 65.2 Å². The smallest absolute Gasteiger partial charge is 0.334 e. The number of carbonyl (C=O) groups excluding carboxylic acids is 2. The molecule has 3 heterocycles. The third-order valence-electron chi connectivity index (χ3n) is 6.71. The van der Waals surface area contributed by atoms with E-state index in [-0.39, 0.29) is 24.5 Å². The highest BCUT2D eigenvalue weighted by atomic mass is 16.6. The van der Waals surface area contributed by atoms with Crippen molar-refractivity contribution >= 4 is 11.8 Å². The average molecular weight is 366 g/mol. The van der Waals surface area contributed by atoms with Crippen LogP contribution in [0.1, 0.15) is 65.7 Å². The molecule has 6 atom stereocenters. The molecule has 26 heavy (non-hydrogen) atoms. The molecule has 0 aliphatic carbocycles. The number of esters is 1. The van der Waals surface area contributed by atoms with Gasteiger partial charge in [0.15, 0.2) is 11.4 Å². The van der Waals surface area contributed by atoms with Crippen molar-refractivity contribution in [3.63, 3.8) is 0 Å². The zero-order chi connectivity index (χ0) is 19.3. The predicted molar refractivity (Wildman–Crippen MR) is 94.4 cm³/mol. The quantitative estimate of drug-likeness (QED) is 0.503. The molecule has 3 aliphatic heterocycles. The molecule has 6 unspecified atom stereocenters. The normalized spacial score (nSPS) is 47.6. The van der Waals surface area contributed by atoms with Crippen LogP contribution in [0, 0.1) is 5.92 Å². The van der Waals surface area contributed by atoms with Crippen LogP contribution in [0.3, 0.4) is 0 Å². The summed E-state index contributed by atoms with van der Waals surface area (Å²) in [4.78, 5) is 25.2. The Kier molecular flexibility index (Phi) is 4.83. The van der Waals surface area contributed by atoms with Crippen molar-refractivity contribution in [2.24, 2.45) is 5.92 Å². The van der Waals surface area contributed by atoms with E-state index in [0.29, 0.717) is 37.7 Å². The summed E-state index contributed by atoms with van der Waals surface area (Å²) in [6.45, 7) is 9.02. The summed E-state index contributed by atoms with van der Waals surface area (Å²) < 4.78 is 11.6. The van der Waals surface area contributed by atoms with Crippen molar-refractivity contribution in [2.45, 2.75) is 94.7 Å². The summed E-state index contributed by atoms with van der Waals surface area (Å²) in [6, 6.07) is 0. The van der Waals surface area contributed by atoms with Crippen LogP contribution in [0.25, 0.3) is 0 Å². The van der Waals surface area contributed by atoms with Gasteiger partial charge in [0.25, 0.3) is 0 Å². The number of rotatable bonds is 0. The second-order valence-electron chi connectivity index (χ2n) is 8.87. The van der Waals surface area contributed by atoms with Gasteiger partial charge < -0.3 is 19.7 Å². The van der Waals surface area contributed by atoms with E-state index in [2.05, 4.69) is 6.58 Å². The van der Waals surface area contributed by atoms with E-state index in [0.717, 1.165) is 0 Å². The Morgan fingerprint density at radius 1 is 1.12 bits per heavy atom. The van der Waals surface area contributed by atoms with Gasteiger partial charge in [0, 0.05) is 12.0 Å². The number of hydrogen-bond acceptors (Lipinski definition) is 6. The predicted octanol–water partition coefficient (Wildman–Crippen LogP) is 2.06. The summed E-state index contributed by atoms with van der Waals surface area (Å²) in [7, 11) is 0. The van der Waals surface area contributed by atoms with Gasteiger partial charge in [-0.2, -0.15) is 0 Å². The Labute approximate surface area is 154 Å². The molecule has 3 rings (SSSR count). The number of carbonyl (C=O) groups is 2. The van der Waals surface area contributed by atoms with Crippen molar-refractivity contribution in [2.75, 3.05) is 0 Å². The fraction of sp³-hybridized carbons (Fsp3) is 0.800. The lowest BCUT2D eigenvalue weighted by molar-refractivity contribution is -0.169. The molecule has 3 aliphatic rings. The van der Waals surface area contributed by atoms with Gasteiger partial charge in [-0.15, -0.1) is 0 Å². The SMILES string of the molecule is C=C1C(=O)OC2(C)CCC1CC(O)C1(C)CCC(O1)C(C)(O)CCC2=O. The number of ketones is 1. The Morgan fingerprint density at radius 2 is 1.81 bits per heavy atom. The molecule has 0 saturated carbocycles. The Bertz CT molecular complexity index is 626. The minimum Gasteiger partial charge on any atom is -0.448 e. The topological polar surface area (TPSA) is 93.1 Å². The second-order valence-corrected chi connectivity index (χ2v) is 8.87. The van der Waals surface area contributed by atoms with E-state index < -0.39 is 35.0 Å². The number of hydrogen-bond donors (Lipinski definition) is 2. The van der Waals surface area contributed by atoms with Crippen LogP contribution in [-0.4, -0.2) is 51.0 Å². The third kappa shape index (κ3) is 3.35. The third-order valence-corrected chi connectivity index (χ3v) is 6.71. The van der Waals surface area contributed by atoms with Gasteiger partial charge >= 0.3 is 5.97 Å². The Morgan fingerprint density at radius 3 is 2.50 bits per heavy atom. The van der Waals surface area contributed by atoms with E-state index in [1.807, 2.05) is 6.92 Å². The number of aliphatic hydroxyl groups excluding tert-OH is 1. The van der Waals surface area contributed by atoms with Crippen molar-refractivity contribution in [1.29, 1.82) is 0 Å². The average Bonchev–Trinajstić information content (AvgIpc) is 2.95. The molecule has 0 aromatic heterocycles. The van der Waals surface area contributed by atoms with Gasteiger partial charge in [-0.1, -0.05) is 6.58 Å². The van der Waals surface area contributed by atoms with Crippen molar-refractivity contribution in [3.05, 3.63) is 12.2 Å². The molecule has 4 bridgehead atoms. The van der Waals surface area contributed by atoms with E-state index in [4.69, 9.17) is 9.47 Å². The molecule has 0 amide bonds. The monoisotopic (exact) mass is 366 g/mol. The van der Waals surface area contributed by atoms with E-state index in [1.54, 1.807) is 13.8 Å². The maximum Gasteiger partial charge on any atom is 0.334 e. The molecular formula is C20H30O6. The molecule has 0 spiro atoms. The fourth-order valence-electron chi connectivity index (χ4n) is 4.42. The number of ether oxygens (including phenoxy) is 2. The van der Waals surface area contributed by atoms with Gasteiger partial charge in [-0.25, -0.2) is 4.79 Å². The lowest BCUT2D eigenvalue weighted by atomic mass is 9.80. The molecule has 2 N–H and O–H groups in total. The number of fused-ring (bicyclic) bond motifs is 5.